The molecular formula is C26H28N4O2S2. The highest BCUT2D eigenvalue weighted by atomic mass is 32.2. The number of rotatable bonds is 6. The number of aromatic nitrogens is 1. The van der Waals surface area contributed by atoms with Crippen molar-refractivity contribution < 1.29 is 9.59 Å². The van der Waals surface area contributed by atoms with Gasteiger partial charge >= 0.3 is 0 Å². The normalized spacial score (nSPS) is 16.0. The molecule has 1 fully saturated rings. The van der Waals surface area contributed by atoms with Crippen LogP contribution in [0.15, 0.2) is 58.8 Å². The first-order valence-corrected chi connectivity index (χ1v) is 13.5. The van der Waals surface area contributed by atoms with Gasteiger partial charge in [0.2, 0.25) is 5.91 Å². The predicted molar refractivity (Wildman–Crippen MR) is 138 cm³/mol. The Balaban J connectivity index is 1.19. The molecule has 0 aliphatic carbocycles. The minimum Gasteiger partial charge on any atom is -0.336 e. The van der Waals surface area contributed by atoms with Gasteiger partial charge in [0.25, 0.3) is 5.91 Å². The van der Waals surface area contributed by atoms with Crippen LogP contribution in [0, 0.1) is 6.92 Å². The summed E-state index contributed by atoms with van der Waals surface area (Å²) < 4.78 is 0. The summed E-state index contributed by atoms with van der Waals surface area (Å²) in [6, 6.07) is 15.7. The summed E-state index contributed by atoms with van der Waals surface area (Å²) in [5.41, 5.74) is 4.03. The summed E-state index contributed by atoms with van der Waals surface area (Å²) in [4.78, 5) is 37.9. The molecule has 2 aliphatic heterocycles. The molecule has 0 atom stereocenters. The van der Waals surface area contributed by atoms with Crippen LogP contribution in [0.3, 0.4) is 0 Å². The first-order chi connectivity index (χ1) is 16.6. The molecule has 1 aromatic heterocycles. The summed E-state index contributed by atoms with van der Waals surface area (Å²) in [6.45, 7) is 6.66. The van der Waals surface area contributed by atoms with E-state index in [9.17, 15) is 9.59 Å². The second-order valence-electron chi connectivity index (χ2n) is 8.64. The number of anilines is 1. The fourth-order valence-electron chi connectivity index (χ4n) is 4.57. The number of aryl methyl sites for hydroxylation is 1. The summed E-state index contributed by atoms with van der Waals surface area (Å²) in [6.07, 6.45) is 0.899. The maximum Gasteiger partial charge on any atom is 0.255 e. The maximum absolute atomic E-state index is 13.3. The lowest BCUT2D eigenvalue weighted by Crippen LogP contribution is -2.48. The number of amides is 2. The van der Waals surface area contributed by atoms with Gasteiger partial charge in [-0.15, -0.1) is 23.1 Å². The minimum atomic E-state index is 0.0474. The molecule has 0 bridgehead atoms. The molecule has 0 radical (unpaired) electrons. The van der Waals surface area contributed by atoms with Crippen molar-refractivity contribution in [2.75, 3.05) is 43.4 Å². The lowest BCUT2D eigenvalue weighted by atomic mass is 10.1. The van der Waals surface area contributed by atoms with Gasteiger partial charge in [0.1, 0.15) is 0 Å². The van der Waals surface area contributed by atoms with Crippen LogP contribution in [-0.4, -0.2) is 65.1 Å². The number of hydrogen-bond donors (Lipinski definition) is 0. The molecule has 176 valence electrons. The number of fused-ring (bicyclic) bond motifs is 1. The van der Waals surface area contributed by atoms with Gasteiger partial charge in [-0.25, -0.2) is 4.98 Å². The van der Waals surface area contributed by atoms with Gasteiger partial charge in [0.15, 0.2) is 0 Å². The number of carbonyl (C=O) groups is 2. The van der Waals surface area contributed by atoms with Gasteiger partial charge < -0.3 is 9.80 Å². The van der Waals surface area contributed by atoms with Crippen molar-refractivity contribution in [3.8, 4) is 0 Å². The third-order valence-corrected chi connectivity index (χ3v) is 8.25. The highest BCUT2D eigenvalue weighted by Crippen LogP contribution is 2.30. The Bertz CT molecular complexity index is 1190. The number of thiazole rings is 1. The van der Waals surface area contributed by atoms with Gasteiger partial charge in [-0.3, -0.25) is 14.5 Å². The second kappa shape index (κ2) is 10.3. The molecule has 5 rings (SSSR count). The number of thioether (sulfide) groups is 1. The molecule has 0 unspecified atom stereocenters. The molecule has 0 N–H and O–H groups in total. The van der Waals surface area contributed by atoms with Crippen LogP contribution in [0.5, 0.6) is 0 Å². The molecule has 1 saturated heterocycles. The second-order valence-corrected chi connectivity index (χ2v) is 10.7. The van der Waals surface area contributed by atoms with Crippen LogP contribution < -0.4 is 4.90 Å². The molecule has 3 aromatic rings. The van der Waals surface area contributed by atoms with Crippen molar-refractivity contribution in [3.63, 3.8) is 0 Å². The summed E-state index contributed by atoms with van der Waals surface area (Å²) in [5.74, 6) is 0.453. The molecule has 2 aliphatic rings. The van der Waals surface area contributed by atoms with Crippen molar-refractivity contribution in [1.29, 1.82) is 0 Å². The van der Waals surface area contributed by atoms with E-state index in [0.29, 0.717) is 24.4 Å². The number of benzene rings is 2. The smallest absolute Gasteiger partial charge is 0.255 e. The zero-order chi connectivity index (χ0) is 23.5. The minimum absolute atomic E-state index is 0.0474. The van der Waals surface area contributed by atoms with Gasteiger partial charge in [-0.1, -0.05) is 30.3 Å². The highest BCUT2D eigenvalue weighted by Gasteiger charge is 2.26. The van der Waals surface area contributed by atoms with Crippen molar-refractivity contribution in [2.24, 2.45) is 0 Å². The van der Waals surface area contributed by atoms with E-state index in [0.717, 1.165) is 53.9 Å². The van der Waals surface area contributed by atoms with Crippen LogP contribution in [-0.2, 0) is 17.8 Å². The fourth-order valence-corrected chi connectivity index (χ4v) is 6.10. The van der Waals surface area contributed by atoms with E-state index in [1.807, 2.05) is 59.2 Å². The van der Waals surface area contributed by atoms with E-state index < -0.39 is 0 Å². The number of carbonyl (C=O) groups excluding carboxylic acids is 2. The van der Waals surface area contributed by atoms with Crippen LogP contribution in [0.25, 0.3) is 0 Å². The molecule has 2 aromatic carbocycles. The first kappa shape index (κ1) is 23.1. The molecule has 6 nitrogen and oxygen atoms in total. The lowest BCUT2D eigenvalue weighted by Gasteiger charge is -2.34. The van der Waals surface area contributed by atoms with Crippen LogP contribution in [0.2, 0.25) is 0 Å². The average Bonchev–Trinajstić information content (AvgIpc) is 3.48. The fraction of sp³-hybridized carbons (Fsp3) is 0.346. The van der Waals surface area contributed by atoms with Gasteiger partial charge in [-0.05, 0) is 37.1 Å². The van der Waals surface area contributed by atoms with Crippen LogP contribution in [0.1, 0.15) is 26.6 Å². The van der Waals surface area contributed by atoms with Crippen LogP contribution in [0.4, 0.5) is 5.69 Å². The van der Waals surface area contributed by atoms with Crippen molar-refractivity contribution >= 4 is 40.6 Å². The number of hydrogen-bond acceptors (Lipinski definition) is 6. The topological polar surface area (TPSA) is 56.8 Å². The Kier molecular flexibility index (Phi) is 6.99. The van der Waals surface area contributed by atoms with E-state index in [2.05, 4.69) is 21.3 Å². The van der Waals surface area contributed by atoms with E-state index in [-0.39, 0.29) is 11.8 Å². The Labute approximate surface area is 208 Å². The first-order valence-electron chi connectivity index (χ1n) is 11.6. The number of nitrogens with zero attached hydrogens (tertiary/aromatic N) is 4. The Hall–Kier alpha value is -2.68. The van der Waals surface area contributed by atoms with Crippen molar-refractivity contribution in [3.05, 3.63) is 75.7 Å². The van der Waals surface area contributed by atoms with Gasteiger partial charge in [0, 0.05) is 55.2 Å². The SMILES string of the molecule is Cc1nc(CN2CCN(C(=O)c3ccccc3SCC(=O)N3CCc4ccccc43)CC2)cs1. The molecule has 2 amide bonds. The van der Waals surface area contributed by atoms with Crippen molar-refractivity contribution in [2.45, 2.75) is 24.8 Å². The Morgan fingerprint density at radius 2 is 1.76 bits per heavy atom. The monoisotopic (exact) mass is 492 g/mol. The predicted octanol–water partition coefficient (Wildman–Crippen LogP) is 4.09. The summed E-state index contributed by atoms with van der Waals surface area (Å²) in [7, 11) is 0. The summed E-state index contributed by atoms with van der Waals surface area (Å²) in [5, 5.41) is 3.20. The summed E-state index contributed by atoms with van der Waals surface area (Å²) >= 11 is 3.13. The highest BCUT2D eigenvalue weighted by molar-refractivity contribution is 8.00. The van der Waals surface area contributed by atoms with Gasteiger partial charge in [0.05, 0.1) is 22.0 Å². The molecule has 8 heteroatoms. The average molecular weight is 493 g/mol. The number of piperazine rings is 1. The molecule has 0 spiro atoms. The zero-order valence-corrected chi connectivity index (χ0v) is 20.9. The van der Waals surface area contributed by atoms with E-state index in [1.165, 1.54) is 17.3 Å². The molecule has 0 saturated carbocycles. The number of para-hydroxylation sites is 1. The molecular weight excluding hydrogens is 464 g/mol. The van der Waals surface area contributed by atoms with E-state index in [4.69, 9.17) is 0 Å². The van der Waals surface area contributed by atoms with Crippen molar-refractivity contribution in [1.82, 2.24) is 14.8 Å². The third-order valence-electron chi connectivity index (χ3n) is 6.37. The molecule has 3 heterocycles. The largest absolute Gasteiger partial charge is 0.336 e. The Morgan fingerprint density at radius 3 is 2.56 bits per heavy atom. The molecule has 34 heavy (non-hydrogen) atoms. The third kappa shape index (κ3) is 5.04. The maximum atomic E-state index is 13.3. The zero-order valence-electron chi connectivity index (χ0n) is 19.3. The van der Waals surface area contributed by atoms with E-state index in [1.54, 1.807) is 11.3 Å². The van der Waals surface area contributed by atoms with Gasteiger partial charge in [-0.2, -0.15) is 0 Å². The standard InChI is InChI=1S/C26H28N4O2S2/c1-19-27-21(17-33-19)16-28-12-14-29(15-13-28)26(32)22-7-3-5-9-24(22)34-18-25(31)30-11-10-20-6-2-4-8-23(20)30/h2-9,17H,10-16,18H2,1H3. The lowest BCUT2D eigenvalue weighted by molar-refractivity contribution is -0.116. The van der Waals surface area contributed by atoms with E-state index >= 15 is 0 Å². The van der Waals surface area contributed by atoms with Crippen LogP contribution >= 0.6 is 23.1 Å². The quantitative estimate of drug-likeness (QED) is 0.485. The Morgan fingerprint density at radius 1 is 1.00 bits per heavy atom.